The van der Waals surface area contributed by atoms with Crippen LogP contribution >= 0.6 is 23.4 Å². The van der Waals surface area contributed by atoms with Gasteiger partial charge in [0.1, 0.15) is 5.69 Å². The van der Waals surface area contributed by atoms with Crippen LogP contribution in [0.4, 0.5) is 5.69 Å². The normalized spacial score (nSPS) is 10.6. The first-order valence-electron chi connectivity index (χ1n) is 8.76. The fourth-order valence-corrected chi connectivity index (χ4v) is 3.32. The van der Waals surface area contributed by atoms with Crippen LogP contribution in [-0.4, -0.2) is 26.8 Å². The van der Waals surface area contributed by atoms with Crippen LogP contribution in [0.1, 0.15) is 23.7 Å². The van der Waals surface area contributed by atoms with Gasteiger partial charge in [0, 0.05) is 17.1 Å². The van der Waals surface area contributed by atoms with E-state index in [9.17, 15) is 9.59 Å². The van der Waals surface area contributed by atoms with Crippen LogP contribution in [0.5, 0.6) is 0 Å². The number of carbonyl (C=O) groups is 1. The average Bonchev–Trinajstić information content (AvgIpc) is 2.70. The zero-order valence-electron chi connectivity index (χ0n) is 15.2. The summed E-state index contributed by atoms with van der Waals surface area (Å²) in [6.45, 7) is 2.03. The molecule has 0 unspecified atom stereocenters. The third-order valence-corrected chi connectivity index (χ3v) is 5.16. The molecule has 0 radical (unpaired) electrons. The van der Waals surface area contributed by atoms with E-state index in [0.717, 1.165) is 35.0 Å². The Balaban J connectivity index is 1.59. The molecule has 0 bridgehead atoms. The molecule has 3 rings (SSSR count). The molecule has 0 aliphatic rings. The molecule has 1 heterocycles. The van der Waals surface area contributed by atoms with Gasteiger partial charge in [0.05, 0.1) is 5.75 Å². The van der Waals surface area contributed by atoms with E-state index in [1.165, 1.54) is 0 Å². The molecule has 3 aromatic rings. The van der Waals surface area contributed by atoms with Crippen LogP contribution < -0.4 is 10.9 Å². The topological polar surface area (TPSA) is 87.7 Å². The number of nitrogens with one attached hydrogen (secondary N) is 2. The van der Waals surface area contributed by atoms with E-state index in [1.807, 2.05) is 43.3 Å². The fraction of sp³-hybridized carbons (Fsp3) is 0.200. The highest BCUT2D eigenvalue weighted by Crippen LogP contribution is 2.17. The number of carbonyl (C=O) groups excluding carboxylic acids is 1. The number of benzene rings is 2. The number of aromatic amines is 1. The third kappa shape index (κ3) is 5.43. The zero-order valence-corrected chi connectivity index (χ0v) is 16.8. The van der Waals surface area contributed by atoms with Crippen molar-refractivity contribution in [2.24, 2.45) is 0 Å². The molecule has 0 saturated heterocycles. The second-order valence-electron chi connectivity index (χ2n) is 6.06. The minimum absolute atomic E-state index is 0.124. The Labute approximate surface area is 171 Å². The van der Waals surface area contributed by atoms with E-state index in [-0.39, 0.29) is 17.2 Å². The number of aromatic nitrogens is 3. The number of thioether (sulfide) groups is 1. The first-order valence-corrected chi connectivity index (χ1v) is 10.1. The maximum Gasteiger partial charge on any atom is 0.273 e. The molecule has 1 amide bonds. The van der Waals surface area contributed by atoms with Crippen molar-refractivity contribution < 1.29 is 4.79 Å². The van der Waals surface area contributed by atoms with Gasteiger partial charge in [-0.25, -0.2) is 0 Å². The van der Waals surface area contributed by atoms with Gasteiger partial charge in [-0.1, -0.05) is 60.6 Å². The van der Waals surface area contributed by atoms with Crippen LogP contribution in [0.3, 0.4) is 0 Å². The highest BCUT2D eigenvalue weighted by atomic mass is 35.5. The van der Waals surface area contributed by atoms with E-state index in [4.69, 9.17) is 11.6 Å². The Morgan fingerprint density at radius 2 is 1.89 bits per heavy atom. The highest BCUT2D eigenvalue weighted by molar-refractivity contribution is 7.99. The Kier molecular flexibility index (Phi) is 6.84. The molecule has 0 aliphatic carbocycles. The van der Waals surface area contributed by atoms with Gasteiger partial charge in [0.2, 0.25) is 5.91 Å². The van der Waals surface area contributed by atoms with Crippen molar-refractivity contribution in [3.05, 3.63) is 80.7 Å². The van der Waals surface area contributed by atoms with Crippen molar-refractivity contribution in [1.82, 2.24) is 15.2 Å². The predicted octanol–water partition coefficient (Wildman–Crippen LogP) is 3.70. The lowest BCUT2D eigenvalue weighted by atomic mass is 10.1. The summed E-state index contributed by atoms with van der Waals surface area (Å²) in [5, 5.41) is 11.9. The van der Waals surface area contributed by atoms with Gasteiger partial charge >= 0.3 is 0 Å². The lowest BCUT2D eigenvalue weighted by Crippen LogP contribution is -2.19. The average molecular weight is 415 g/mol. The van der Waals surface area contributed by atoms with E-state index in [0.29, 0.717) is 22.3 Å². The molecule has 1 aromatic heterocycles. The summed E-state index contributed by atoms with van der Waals surface area (Å²) >= 11 is 7.00. The van der Waals surface area contributed by atoms with Crippen LogP contribution in [-0.2, 0) is 17.6 Å². The monoisotopic (exact) mass is 414 g/mol. The molecule has 8 heteroatoms. The van der Waals surface area contributed by atoms with Crippen LogP contribution in [0, 0.1) is 0 Å². The maximum atomic E-state index is 12.2. The summed E-state index contributed by atoms with van der Waals surface area (Å²) in [7, 11) is 0. The van der Waals surface area contributed by atoms with Gasteiger partial charge < -0.3 is 5.32 Å². The molecule has 0 fully saturated rings. The van der Waals surface area contributed by atoms with Gasteiger partial charge in [-0.15, -0.1) is 10.2 Å². The lowest BCUT2D eigenvalue weighted by molar-refractivity contribution is -0.113. The molecule has 2 aromatic carbocycles. The van der Waals surface area contributed by atoms with Crippen molar-refractivity contribution in [1.29, 1.82) is 0 Å². The minimum atomic E-state index is -0.316. The summed E-state index contributed by atoms with van der Waals surface area (Å²) in [5.74, 6) is -0.0436. The van der Waals surface area contributed by atoms with E-state index < -0.39 is 0 Å². The summed E-state index contributed by atoms with van der Waals surface area (Å²) in [6, 6.07) is 14.9. The molecule has 0 aliphatic heterocycles. The van der Waals surface area contributed by atoms with Crippen LogP contribution in [0.25, 0.3) is 0 Å². The van der Waals surface area contributed by atoms with Gasteiger partial charge in [0.15, 0.2) is 5.16 Å². The molecule has 0 atom stereocenters. The van der Waals surface area contributed by atoms with Gasteiger partial charge in [-0.2, -0.15) is 0 Å². The number of rotatable bonds is 7. The van der Waals surface area contributed by atoms with Crippen molar-refractivity contribution in [3.63, 3.8) is 0 Å². The number of hydrogen-bond acceptors (Lipinski definition) is 5. The SMILES string of the molecule is CCc1ccccc1NC(=O)CSc1nnc(Cc2ccc(Cl)cc2)c(=O)[nH]1. The first-order chi connectivity index (χ1) is 13.5. The quantitative estimate of drug-likeness (QED) is 0.575. The molecule has 0 spiro atoms. The number of halogens is 1. The first kappa shape index (κ1) is 20.1. The Morgan fingerprint density at radius 3 is 2.61 bits per heavy atom. The van der Waals surface area contributed by atoms with Crippen molar-refractivity contribution >= 4 is 35.0 Å². The largest absolute Gasteiger partial charge is 0.325 e. The number of amides is 1. The zero-order chi connectivity index (χ0) is 19.9. The summed E-state index contributed by atoms with van der Waals surface area (Å²) in [5.41, 5.74) is 2.78. The molecule has 28 heavy (non-hydrogen) atoms. The Morgan fingerprint density at radius 1 is 1.14 bits per heavy atom. The summed E-state index contributed by atoms with van der Waals surface area (Å²) in [6.07, 6.45) is 1.19. The van der Waals surface area contributed by atoms with Crippen molar-refractivity contribution in [3.8, 4) is 0 Å². The summed E-state index contributed by atoms with van der Waals surface area (Å²) in [4.78, 5) is 27.1. The standard InChI is InChI=1S/C20H19ClN4O2S/c1-2-14-5-3-4-6-16(14)22-18(26)12-28-20-23-19(27)17(24-25-20)11-13-7-9-15(21)10-8-13/h3-10H,2,11-12H2,1H3,(H,22,26)(H,23,25,27). The molecule has 6 nitrogen and oxygen atoms in total. The predicted molar refractivity (Wildman–Crippen MR) is 112 cm³/mol. The second-order valence-corrected chi connectivity index (χ2v) is 7.46. The van der Waals surface area contributed by atoms with Gasteiger partial charge in [0.25, 0.3) is 5.56 Å². The number of anilines is 1. The highest BCUT2D eigenvalue weighted by Gasteiger charge is 2.10. The molecular formula is C20H19ClN4O2S. The Hall–Kier alpha value is -2.64. The van der Waals surface area contributed by atoms with Crippen LogP contribution in [0.2, 0.25) is 5.02 Å². The number of aryl methyl sites for hydroxylation is 1. The molecule has 2 N–H and O–H groups in total. The van der Waals surface area contributed by atoms with Crippen molar-refractivity contribution in [2.45, 2.75) is 24.9 Å². The second kappa shape index (κ2) is 9.52. The minimum Gasteiger partial charge on any atom is -0.325 e. The third-order valence-electron chi connectivity index (χ3n) is 4.04. The van der Waals surface area contributed by atoms with Crippen molar-refractivity contribution in [2.75, 3.05) is 11.1 Å². The fourth-order valence-electron chi connectivity index (χ4n) is 2.59. The molecule has 144 valence electrons. The van der Waals surface area contributed by atoms with E-state index in [2.05, 4.69) is 20.5 Å². The smallest absolute Gasteiger partial charge is 0.273 e. The number of para-hydroxylation sites is 1. The van der Waals surface area contributed by atoms with E-state index >= 15 is 0 Å². The van der Waals surface area contributed by atoms with Crippen LogP contribution in [0.15, 0.2) is 58.5 Å². The van der Waals surface area contributed by atoms with Gasteiger partial charge in [-0.05, 0) is 35.7 Å². The summed E-state index contributed by atoms with van der Waals surface area (Å²) < 4.78 is 0. The van der Waals surface area contributed by atoms with Gasteiger partial charge in [-0.3, -0.25) is 14.6 Å². The van der Waals surface area contributed by atoms with E-state index in [1.54, 1.807) is 12.1 Å². The maximum absolute atomic E-state index is 12.2. The number of hydrogen-bond donors (Lipinski definition) is 2. The number of H-pyrrole nitrogens is 1. The molecular weight excluding hydrogens is 396 g/mol. The lowest BCUT2D eigenvalue weighted by Gasteiger charge is -2.09. The Bertz CT molecular complexity index is 1020. The molecule has 0 saturated carbocycles. The number of nitrogens with zero attached hydrogens (tertiary/aromatic N) is 2.